The first kappa shape index (κ1) is 12.9. The smallest absolute Gasteiger partial charge is 0.291 e. The number of nitrogens with one attached hydrogen (secondary N) is 1. The van der Waals surface area contributed by atoms with E-state index in [1.165, 1.54) is 0 Å². The van der Waals surface area contributed by atoms with Gasteiger partial charge in [-0.05, 0) is 53.2 Å². The molecule has 0 saturated heterocycles. The molecule has 4 heteroatoms. The van der Waals surface area contributed by atoms with Crippen LogP contribution in [0.1, 0.15) is 16.1 Å². The van der Waals surface area contributed by atoms with E-state index in [-0.39, 0.29) is 5.91 Å². The van der Waals surface area contributed by atoms with Crippen molar-refractivity contribution < 1.29 is 9.21 Å². The summed E-state index contributed by atoms with van der Waals surface area (Å²) in [7, 11) is 0. The summed E-state index contributed by atoms with van der Waals surface area (Å²) in [4.78, 5) is 12.2. The van der Waals surface area contributed by atoms with Gasteiger partial charge in [0.25, 0.3) is 5.91 Å². The number of aryl methyl sites for hydroxylation is 1. The number of hydrogen-bond acceptors (Lipinski definition) is 2. The Morgan fingerprint density at radius 2 is 1.95 bits per heavy atom. The molecule has 1 heterocycles. The van der Waals surface area contributed by atoms with Gasteiger partial charge in [-0.3, -0.25) is 4.79 Å². The molecular weight excluding hydrogens is 318 g/mol. The van der Waals surface area contributed by atoms with Crippen molar-refractivity contribution in [2.24, 2.45) is 0 Å². The molecule has 0 saturated carbocycles. The lowest BCUT2D eigenvalue weighted by Gasteiger charge is -2.04. The normalized spacial score (nSPS) is 10.7. The van der Waals surface area contributed by atoms with Gasteiger partial charge in [-0.25, -0.2) is 0 Å². The van der Waals surface area contributed by atoms with Crippen molar-refractivity contribution in [3.8, 4) is 0 Å². The lowest BCUT2D eigenvalue weighted by molar-refractivity contribution is 0.0998. The second-order valence-corrected chi connectivity index (χ2v) is 5.44. The molecular formula is C16H12BrNO2. The minimum Gasteiger partial charge on any atom is -0.451 e. The summed E-state index contributed by atoms with van der Waals surface area (Å²) in [5, 5.41) is 3.76. The number of benzene rings is 2. The van der Waals surface area contributed by atoms with Crippen molar-refractivity contribution in [3.63, 3.8) is 0 Å². The molecule has 0 aliphatic heterocycles. The predicted molar refractivity (Wildman–Crippen MR) is 83.0 cm³/mol. The summed E-state index contributed by atoms with van der Waals surface area (Å²) < 4.78 is 6.40. The van der Waals surface area contributed by atoms with E-state index >= 15 is 0 Å². The van der Waals surface area contributed by atoms with Gasteiger partial charge in [0.2, 0.25) is 0 Å². The Bertz CT molecular complexity index is 792. The Labute approximate surface area is 124 Å². The third-order valence-corrected chi connectivity index (χ3v) is 3.71. The van der Waals surface area contributed by atoms with Crippen LogP contribution in [0.25, 0.3) is 11.0 Å². The number of anilines is 1. The van der Waals surface area contributed by atoms with E-state index in [2.05, 4.69) is 21.2 Å². The van der Waals surface area contributed by atoms with E-state index in [9.17, 15) is 4.79 Å². The standard InChI is InChI=1S/C16H12BrNO2/c1-10-6-7-14-11(8-10)9-15(20-14)16(19)18-13-5-3-2-4-12(13)17/h2-9H,1H3,(H,18,19). The Kier molecular flexibility index (Phi) is 3.32. The van der Waals surface area contributed by atoms with Gasteiger partial charge in [-0.15, -0.1) is 0 Å². The predicted octanol–water partition coefficient (Wildman–Crippen LogP) is 4.76. The SMILES string of the molecule is Cc1ccc2oc(C(=O)Nc3ccccc3Br)cc2c1. The quantitative estimate of drug-likeness (QED) is 0.736. The van der Waals surface area contributed by atoms with Gasteiger partial charge < -0.3 is 9.73 Å². The molecule has 3 aromatic rings. The van der Waals surface area contributed by atoms with E-state index in [4.69, 9.17) is 4.42 Å². The van der Waals surface area contributed by atoms with Crippen LogP contribution in [0.2, 0.25) is 0 Å². The first-order valence-corrected chi connectivity index (χ1v) is 6.99. The monoisotopic (exact) mass is 329 g/mol. The Morgan fingerprint density at radius 3 is 2.75 bits per heavy atom. The van der Waals surface area contributed by atoms with Gasteiger partial charge in [0.15, 0.2) is 5.76 Å². The summed E-state index contributed by atoms with van der Waals surface area (Å²) in [6.45, 7) is 2.01. The molecule has 100 valence electrons. The highest BCUT2D eigenvalue weighted by atomic mass is 79.9. The summed E-state index contributed by atoms with van der Waals surface area (Å²) in [5.41, 5.74) is 2.57. The van der Waals surface area contributed by atoms with Crippen LogP contribution in [0.15, 0.2) is 57.4 Å². The van der Waals surface area contributed by atoms with Gasteiger partial charge in [-0.2, -0.15) is 0 Å². The molecule has 0 aliphatic carbocycles. The third kappa shape index (κ3) is 2.47. The van der Waals surface area contributed by atoms with Crippen molar-refractivity contribution in [2.45, 2.75) is 6.92 Å². The van der Waals surface area contributed by atoms with E-state index in [1.54, 1.807) is 6.07 Å². The summed E-state index contributed by atoms with van der Waals surface area (Å²) >= 11 is 3.40. The molecule has 1 N–H and O–H groups in total. The fourth-order valence-corrected chi connectivity index (χ4v) is 2.41. The highest BCUT2D eigenvalue weighted by Gasteiger charge is 2.13. The zero-order valence-corrected chi connectivity index (χ0v) is 12.4. The van der Waals surface area contributed by atoms with Crippen molar-refractivity contribution in [1.29, 1.82) is 0 Å². The zero-order valence-electron chi connectivity index (χ0n) is 10.8. The fourth-order valence-electron chi connectivity index (χ4n) is 2.02. The van der Waals surface area contributed by atoms with E-state index in [1.807, 2.05) is 49.4 Å². The topological polar surface area (TPSA) is 42.2 Å². The molecule has 0 atom stereocenters. The average Bonchev–Trinajstić information content (AvgIpc) is 2.84. The van der Waals surface area contributed by atoms with Crippen molar-refractivity contribution in [1.82, 2.24) is 0 Å². The second-order valence-electron chi connectivity index (χ2n) is 4.59. The van der Waals surface area contributed by atoms with E-state index in [0.29, 0.717) is 17.0 Å². The van der Waals surface area contributed by atoms with Crippen LogP contribution in [0.4, 0.5) is 5.69 Å². The average molecular weight is 330 g/mol. The van der Waals surface area contributed by atoms with E-state index in [0.717, 1.165) is 15.4 Å². The number of hydrogen-bond donors (Lipinski definition) is 1. The fraction of sp³-hybridized carbons (Fsp3) is 0.0625. The van der Waals surface area contributed by atoms with Crippen LogP contribution in [-0.2, 0) is 0 Å². The van der Waals surface area contributed by atoms with Crippen LogP contribution in [0, 0.1) is 6.92 Å². The van der Waals surface area contributed by atoms with Crippen LogP contribution in [0.3, 0.4) is 0 Å². The summed E-state index contributed by atoms with van der Waals surface area (Å²) in [5.74, 6) is 0.0482. The maximum absolute atomic E-state index is 12.2. The molecule has 3 nitrogen and oxygen atoms in total. The number of amides is 1. The van der Waals surface area contributed by atoms with E-state index < -0.39 is 0 Å². The van der Waals surface area contributed by atoms with Crippen molar-refractivity contribution in [2.75, 3.05) is 5.32 Å². The number of furan rings is 1. The molecule has 1 amide bonds. The molecule has 3 rings (SSSR count). The highest BCUT2D eigenvalue weighted by Crippen LogP contribution is 2.24. The van der Waals surface area contributed by atoms with Gasteiger partial charge in [0, 0.05) is 9.86 Å². The molecule has 20 heavy (non-hydrogen) atoms. The first-order chi connectivity index (χ1) is 9.63. The second kappa shape index (κ2) is 5.13. The van der Waals surface area contributed by atoms with Crippen LogP contribution in [0.5, 0.6) is 0 Å². The number of rotatable bonds is 2. The Morgan fingerprint density at radius 1 is 1.15 bits per heavy atom. The summed E-state index contributed by atoms with van der Waals surface area (Å²) in [6.07, 6.45) is 0. The number of carbonyl (C=O) groups is 1. The molecule has 2 aromatic carbocycles. The minimum atomic E-state index is -0.259. The molecule has 0 spiro atoms. The first-order valence-electron chi connectivity index (χ1n) is 6.19. The maximum Gasteiger partial charge on any atom is 0.291 e. The van der Waals surface area contributed by atoms with Gasteiger partial charge >= 0.3 is 0 Å². The third-order valence-electron chi connectivity index (χ3n) is 3.02. The minimum absolute atomic E-state index is 0.259. The number of fused-ring (bicyclic) bond motifs is 1. The van der Waals surface area contributed by atoms with Gasteiger partial charge in [0.1, 0.15) is 5.58 Å². The molecule has 0 bridgehead atoms. The molecule has 0 radical (unpaired) electrons. The Hall–Kier alpha value is -2.07. The number of halogens is 1. The number of carbonyl (C=O) groups excluding carboxylic acids is 1. The molecule has 1 aromatic heterocycles. The van der Waals surface area contributed by atoms with Crippen LogP contribution >= 0.6 is 15.9 Å². The van der Waals surface area contributed by atoms with Crippen LogP contribution < -0.4 is 5.32 Å². The van der Waals surface area contributed by atoms with Crippen LogP contribution in [-0.4, -0.2) is 5.91 Å². The highest BCUT2D eigenvalue weighted by molar-refractivity contribution is 9.10. The van der Waals surface area contributed by atoms with Crippen molar-refractivity contribution in [3.05, 3.63) is 64.3 Å². The number of para-hydroxylation sites is 1. The summed E-state index contributed by atoms with van der Waals surface area (Å²) in [6, 6.07) is 15.0. The molecule has 0 unspecified atom stereocenters. The zero-order chi connectivity index (χ0) is 14.1. The van der Waals surface area contributed by atoms with Gasteiger partial charge in [-0.1, -0.05) is 23.8 Å². The van der Waals surface area contributed by atoms with Crippen molar-refractivity contribution >= 4 is 38.5 Å². The largest absolute Gasteiger partial charge is 0.451 e. The lowest BCUT2D eigenvalue weighted by Crippen LogP contribution is -2.11. The Balaban J connectivity index is 1.91. The maximum atomic E-state index is 12.2. The molecule has 0 fully saturated rings. The lowest BCUT2D eigenvalue weighted by atomic mass is 10.2. The molecule has 0 aliphatic rings. The van der Waals surface area contributed by atoms with Gasteiger partial charge in [0.05, 0.1) is 5.69 Å².